The summed E-state index contributed by atoms with van der Waals surface area (Å²) in [5, 5.41) is 29.7. The van der Waals surface area contributed by atoms with Crippen molar-refractivity contribution in [1.82, 2.24) is 0 Å². The van der Waals surface area contributed by atoms with E-state index in [0.29, 0.717) is 0 Å². The molecular weight excluding hydrogens is 271 g/mol. The molecule has 17 heavy (non-hydrogen) atoms. The fourth-order valence-corrected chi connectivity index (χ4v) is 1.72. The number of nitro groups is 1. The fraction of sp³-hybridized carbons (Fsp3) is 0.333. The lowest BCUT2D eigenvalue weighted by atomic mass is 10.0. The maximum Gasteiger partial charge on any atom is 0.292 e. The molecule has 0 bridgehead atoms. The third-order valence-corrected chi connectivity index (χ3v) is 2.83. The molecule has 0 aliphatic carbocycles. The Bertz CT molecular complexity index is 441. The minimum absolute atomic E-state index is 0.0146. The van der Waals surface area contributed by atoms with Crippen molar-refractivity contribution in [2.24, 2.45) is 0 Å². The molecule has 0 saturated heterocycles. The van der Waals surface area contributed by atoms with Crippen LogP contribution >= 0.6 is 23.2 Å². The first kappa shape index (κ1) is 14.0. The Morgan fingerprint density at radius 1 is 1.47 bits per heavy atom. The fourth-order valence-electron chi connectivity index (χ4n) is 1.27. The average Bonchev–Trinajstić information content (AvgIpc) is 2.26. The maximum absolute atomic E-state index is 10.7. The third kappa shape index (κ3) is 2.98. The van der Waals surface area contributed by atoms with Crippen molar-refractivity contribution in [3.63, 3.8) is 0 Å². The van der Waals surface area contributed by atoms with E-state index in [1.54, 1.807) is 0 Å². The number of hydrogen-bond acceptors (Lipinski definition) is 5. The summed E-state index contributed by atoms with van der Waals surface area (Å²) >= 11 is 11.2. The van der Waals surface area contributed by atoms with Gasteiger partial charge in [0.1, 0.15) is 11.8 Å². The number of aliphatic hydroxyl groups excluding tert-OH is 2. The molecule has 2 atom stereocenters. The maximum atomic E-state index is 10.7. The Balaban J connectivity index is 3.24. The molecule has 1 aromatic carbocycles. The van der Waals surface area contributed by atoms with Gasteiger partial charge in [0.15, 0.2) is 0 Å². The van der Waals surface area contributed by atoms with Crippen LogP contribution in [-0.4, -0.2) is 27.1 Å². The molecule has 8 heteroatoms. The largest absolute Gasteiger partial charge is 0.393 e. The molecule has 6 nitrogen and oxygen atoms in total. The Morgan fingerprint density at radius 2 is 2.06 bits per heavy atom. The molecule has 1 rings (SSSR count). The molecule has 0 amide bonds. The average molecular weight is 281 g/mol. The van der Waals surface area contributed by atoms with Crippen LogP contribution in [-0.2, 0) is 0 Å². The smallest absolute Gasteiger partial charge is 0.292 e. The summed E-state index contributed by atoms with van der Waals surface area (Å²) in [5.74, 6) is -0.227. The molecule has 0 radical (unpaired) electrons. The van der Waals surface area contributed by atoms with Crippen molar-refractivity contribution in [3.05, 3.63) is 32.8 Å². The second-order valence-corrected chi connectivity index (χ2v) is 4.07. The van der Waals surface area contributed by atoms with E-state index in [1.807, 2.05) is 0 Å². The minimum atomic E-state index is -1.40. The van der Waals surface area contributed by atoms with E-state index >= 15 is 0 Å². The zero-order valence-electron chi connectivity index (χ0n) is 8.51. The highest BCUT2D eigenvalue weighted by molar-refractivity contribution is 6.31. The second kappa shape index (κ2) is 5.50. The zero-order chi connectivity index (χ0) is 13.2. The normalized spacial score (nSPS) is 14.4. The van der Waals surface area contributed by atoms with Gasteiger partial charge >= 0.3 is 0 Å². The van der Waals surface area contributed by atoms with Crippen LogP contribution < -0.4 is 5.73 Å². The predicted molar refractivity (Wildman–Crippen MR) is 64.2 cm³/mol. The standard InChI is InChI=1S/C9H10Cl2N2O4/c10-3-8(14)9(15)4-1-7(13(16)17)6(12)2-5(4)11/h1-2,8-9,14-15H,3,12H2. The zero-order valence-corrected chi connectivity index (χ0v) is 10.0. The number of nitro benzene ring substituents is 1. The molecular formula is C9H10Cl2N2O4. The lowest BCUT2D eigenvalue weighted by Crippen LogP contribution is -2.20. The van der Waals surface area contributed by atoms with Gasteiger partial charge in [-0.3, -0.25) is 10.1 Å². The van der Waals surface area contributed by atoms with Crippen LogP contribution in [0.4, 0.5) is 11.4 Å². The number of nitrogens with two attached hydrogens (primary N) is 1. The first-order valence-corrected chi connectivity index (χ1v) is 5.45. The first-order chi connectivity index (χ1) is 7.88. The van der Waals surface area contributed by atoms with Gasteiger partial charge in [0.2, 0.25) is 0 Å². The van der Waals surface area contributed by atoms with Gasteiger partial charge in [-0.2, -0.15) is 0 Å². The van der Waals surface area contributed by atoms with Crippen LogP contribution in [0.15, 0.2) is 12.1 Å². The molecule has 0 saturated carbocycles. The van der Waals surface area contributed by atoms with Crippen molar-refractivity contribution in [1.29, 1.82) is 0 Å². The van der Waals surface area contributed by atoms with E-state index in [9.17, 15) is 20.3 Å². The summed E-state index contributed by atoms with van der Waals surface area (Å²) in [6.07, 6.45) is -2.67. The molecule has 0 spiro atoms. The summed E-state index contributed by atoms with van der Waals surface area (Å²) in [6.45, 7) is 0. The highest BCUT2D eigenvalue weighted by atomic mass is 35.5. The Hall–Kier alpha value is -1.08. The van der Waals surface area contributed by atoms with Crippen molar-refractivity contribution in [2.75, 3.05) is 11.6 Å². The highest BCUT2D eigenvalue weighted by Crippen LogP contribution is 2.33. The van der Waals surface area contributed by atoms with E-state index in [4.69, 9.17) is 28.9 Å². The number of rotatable bonds is 4. The Labute approximate surface area is 107 Å². The summed E-state index contributed by atoms with van der Waals surface area (Å²) in [5.41, 5.74) is 4.92. The van der Waals surface area contributed by atoms with E-state index in [1.165, 1.54) is 0 Å². The van der Waals surface area contributed by atoms with Gasteiger partial charge in [0.05, 0.1) is 16.9 Å². The number of nitrogen functional groups attached to an aromatic ring is 1. The number of aliphatic hydroxyl groups is 2. The van der Waals surface area contributed by atoms with Gasteiger partial charge in [-0.05, 0) is 6.07 Å². The number of anilines is 1. The molecule has 0 aromatic heterocycles. The van der Waals surface area contributed by atoms with Crippen molar-refractivity contribution >= 4 is 34.6 Å². The van der Waals surface area contributed by atoms with Crippen molar-refractivity contribution < 1.29 is 15.1 Å². The second-order valence-electron chi connectivity index (χ2n) is 3.36. The van der Waals surface area contributed by atoms with Crippen LogP contribution in [0.5, 0.6) is 0 Å². The number of hydrogen-bond donors (Lipinski definition) is 3. The van der Waals surface area contributed by atoms with Crippen LogP contribution in [0.1, 0.15) is 11.7 Å². The molecule has 0 heterocycles. The molecule has 4 N–H and O–H groups in total. The van der Waals surface area contributed by atoms with E-state index in [2.05, 4.69) is 0 Å². The summed E-state index contributed by atoms with van der Waals surface area (Å²) in [6, 6.07) is 2.18. The van der Waals surface area contributed by atoms with Crippen LogP contribution in [0.3, 0.4) is 0 Å². The lowest BCUT2D eigenvalue weighted by Gasteiger charge is -2.17. The van der Waals surface area contributed by atoms with Crippen LogP contribution in [0.25, 0.3) is 0 Å². The van der Waals surface area contributed by atoms with Gasteiger partial charge in [-0.15, -0.1) is 11.6 Å². The van der Waals surface area contributed by atoms with Gasteiger partial charge in [0, 0.05) is 16.7 Å². The summed E-state index contributed by atoms with van der Waals surface area (Å²) < 4.78 is 0. The van der Waals surface area contributed by atoms with Crippen molar-refractivity contribution in [3.8, 4) is 0 Å². The van der Waals surface area contributed by atoms with Gasteiger partial charge in [0.25, 0.3) is 5.69 Å². The predicted octanol–water partition coefficient (Wildman–Crippen LogP) is 1.46. The molecule has 1 aromatic rings. The summed E-state index contributed by atoms with van der Waals surface area (Å²) in [4.78, 5) is 9.96. The number of alkyl halides is 1. The summed E-state index contributed by atoms with van der Waals surface area (Å²) in [7, 11) is 0. The van der Waals surface area contributed by atoms with Gasteiger partial charge in [-0.1, -0.05) is 11.6 Å². The molecule has 2 unspecified atom stereocenters. The van der Waals surface area contributed by atoms with E-state index < -0.39 is 17.1 Å². The molecule has 0 aliphatic heterocycles. The topological polar surface area (TPSA) is 110 Å². The molecule has 0 fully saturated rings. The molecule has 0 aliphatic rings. The number of halogens is 2. The van der Waals surface area contributed by atoms with E-state index in [0.717, 1.165) is 12.1 Å². The lowest BCUT2D eigenvalue weighted by molar-refractivity contribution is -0.384. The van der Waals surface area contributed by atoms with Crippen molar-refractivity contribution in [2.45, 2.75) is 12.2 Å². The monoisotopic (exact) mass is 280 g/mol. The Morgan fingerprint density at radius 3 is 2.53 bits per heavy atom. The van der Waals surface area contributed by atoms with Gasteiger partial charge in [-0.25, -0.2) is 0 Å². The van der Waals surface area contributed by atoms with Crippen LogP contribution in [0.2, 0.25) is 5.02 Å². The SMILES string of the molecule is Nc1cc(Cl)c(C(O)C(O)CCl)cc1[N+](=O)[O-]. The highest BCUT2D eigenvalue weighted by Gasteiger charge is 2.24. The minimum Gasteiger partial charge on any atom is -0.393 e. The molecule has 94 valence electrons. The van der Waals surface area contributed by atoms with Crippen LogP contribution in [0, 0.1) is 10.1 Å². The van der Waals surface area contributed by atoms with E-state index in [-0.39, 0.29) is 27.8 Å². The third-order valence-electron chi connectivity index (χ3n) is 2.18. The number of benzene rings is 1. The quantitative estimate of drug-likeness (QED) is 0.335. The first-order valence-electron chi connectivity index (χ1n) is 4.54. The number of nitrogens with zero attached hydrogens (tertiary/aromatic N) is 1. The Kier molecular flexibility index (Phi) is 4.53. The van der Waals surface area contributed by atoms with Gasteiger partial charge < -0.3 is 15.9 Å².